The summed E-state index contributed by atoms with van der Waals surface area (Å²) in [6.45, 7) is 7.57. The molecule has 0 spiro atoms. The summed E-state index contributed by atoms with van der Waals surface area (Å²) in [5.41, 5.74) is -0.382. The minimum atomic E-state index is -0.874. The normalized spacial score (nSPS) is 11.4. The summed E-state index contributed by atoms with van der Waals surface area (Å²) in [7, 11) is 0. The van der Waals surface area contributed by atoms with E-state index in [1.54, 1.807) is 0 Å². The van der Waals surface area contributed by atoms with Crippen molar-refractivity contribution in [2.75, 3.05) is 33.0 Å². The van der Waals surface area contributed by atoms with Crippen LogP contribution >= 0.6 is 0 Å². The van der Waals surface area contributed by atoms with Crippen LogP contribution in [0.5, 0.6) is 0 Å². The molecular formula is C27H51NO7. The summed E-state index contributed by atoms with van der Waals surface area (Å²) in [5.74, 6) is -0.892. The van der Waals surface area contributed by atoms with E-state index in [1.807, 2.05) is 20.8 Å². The molecule has 0 saturated carbocycles. The van der Waals surface area contributed by atoms with Crippen LogP contribution in [0.15, 0.2) is 0 Å². The molecule has 0 aromatic rings. The third-order valence-electron chi connectivity index (χ3n) is 5.36. The Bertz CT molecular complexity index is 546. The zero-order valence-corrected chi connectivity index (χ0v) is 22.5. The Balaban J connectivity index is 3.25. The van der Waals surface area contributed by atoms with E-state index in [4.69, 9.17) is 19.3 Å². The summed E-state index contributed by atoms with van der Waals surface area (Å²) in [6, 6.07) is 0. The van der Waals surface area contributed by atoms with E-state index in [2.05, 4.69) is 5.32 Å². The van der Waals surface area contributed by atoms with E-state index >= 15 is 0 Å². The zero-order chi connectivity index (χ0) is 26.2. The lowest BCUT2D eigenvalue weighted by molar-refractivity contribution is -0.155. The Labute approximate surface area is 212 Å². The van der Waals surface area contributed by atoms with Gasteiger partial charge in [0.15, 0.2) is 0 Å². The fourth-order valence-electron chi connectivity index (χ4n) is 3.55. The molecule has 1 amide bonds. The topological polar surface area (TPSA) is 111 Å². The number of carbonyl (C=O) groups excluding carboxylic acids is 2. The third kappa shape index (κ3) is 28.5. The van der Waals surface area contributed by atoms with Crippen LogP contribution in [0.2, 0.25) is 0 Å². The first kappa shape index (κ1) is 33.3. The van der Waals surface area contributed by atoms with E-state index in [0.717, 1.165) is 25.7 Å². The van der Waals surface area contributed by atoms with E-state index in [0.29, 0.717) is 39.2 Å². The molecule has 0 radical (unpaired) electrons. The summed E-state index contributed by atoms with van der Waals surface area (Å²) in [6.07, 6.45) is 15.1. The number of carboxylic acids is 1. The first-order valence-corrected chi connectivity index (χ1v) is 13.6. The molecule has 35 heavy (non-hydrogen) atoms. The molecule has 0 atom stereocenters. The molecule has 0 bridgehead atoms. The van der Waals surface area contributed by atoms with Gasteiger partial charge in [-0.15, -0.1) is 0 Å². The monoisotopic (exact) mass is 501 g/mol. The average Bonchev–Trinajstić information content (AvgIpc) is 2.76. The molecule has 0 unspecified atom stereocenters. The van der Waals surface area contributed by atoms with Crippen LogP contribution in [0, 0.1) is 0 Å². The second kappa shape index (κ2) is 22.8. The van der Waals surface area contributed by atoms with Gasteiger partial charge in [0, 0.05) is 19.4 Å². The lowest BCUT2D eigenvalue weighted by Gasteiger charge is -2.19. The first-order valence-electron chi connectivity index (χ1n) is 13.6. The van der Waals surface area contributed by atoms with Gasteiger partial charge in [-0.05, 0) is 33.6 Å². The van der Waals surface area contributed by atoms with Crippen molar-refractivity contribution in [2.45, 2.75) is 123 Å². The van der Waals surface area contributed by atoms with E-state index in [-0.39, 0.29) is 30.5 Å². The van der Waals surface area contributed by atoms with Gasteiger partial charge in [-0.2, -0.15) is 0 Å². The van der Waals surface area contributed by atoms with Gasteiger partial charge >= 0.3 is 11.9 Å². The third-order valence-corrected chi connectivity index (χ3v) is 5.36. The Morgan fingerprint density at radius 3 is 1.57 bits per heavy atom. The van der Waals surface area contributed by atoms with Crippen molar-refractivity contribution in [1.82, 2.24) is 5.32 Å². The van der Waals surface area contributed by atoms with E-state index < -0.39 is 5.97 Å². The largest absolute Gasteiger partial charge is 0.481 e. The molecule has 8 heteroatoms. The maximum Gasteiger partial charge on any atom is 0.306 e. The van der Waals surface area contributed by atoms with E-state index in [1.165, 1.54) is 51.4 Å². The molecule has 0 aliphatic rings. The Kier molecular flexibility index (Phi) is 21.7. The number of carbonyl (C=O) groups is 3. The molecule has 0 rings (SSSR count). The van der Waals surface area contributed by atoms with Crippen molar-refractivity contribution < 1.29 is 33.7 Å². The number of aliphatic carboxylic acids is 1. The number of hydrogen-bond acceptors (Lipinski definition) is 6. The minimum absolute atomic E-state index is 0.00295. The second-order valence-corrected chi connectivity index (χ2v) is 10.0. The summed E-state index contributed by atoms with van der Waals surface area (Å²) in [5, 5.41) is 11.3. The molecule has 8 nitrogen and oxygen atoms in total. The summed E-state index contributed by atoms with van der Waals surface area (Å²) >= 11 is 0. The zero-order valence-electron chi connectivity index (χ0n) is 22.5. The number of carboxylic acid groups (broad SMARTS) is 1. The Hall–Kier alpha value is -1.67. The quantitative estimate of drug-likeness (QED) is 0.134. The maximum atomic E-state index is 11.8. The maximum absolute atomic E-state index is 11.8. The van der Waals surface area contributed by atoms with Crippen molar-refractivity contribution in [3.05, 3.63) is 0 Å². The van der Waals surface area contributed by atoms with Crippen LogP contribution in [0.3, 0.4) is 0 Å². The van der Waals surface area contributed by atoms with Crippen LogP contribution in [0.25, 0.3) is 0 Å². The first-order chi connectivity index (χ1) is 16.7. The number of esters is 1. The van der Waals surface area contributed by atoms with E-state index in [9.17, 15) is 14.4 Å². The van der Waals surface area contributed by atoms with Crippen molar-refractivity contribution >= 4 is 17.8 Å². The summed E-state index contributed by atoms with van der Waals surface area (Å²) < 4.78 is 15.8. The number of amides is 1. The molecule has 0 aliphatic carbocycles. The molecule has 0 saturated heterocycles. The van der Waals surface area contributed by atoms with Crippen LogP contribution < -0.4 is 5.32 Å². The number of hydrogen-bond donors (Lipinski definition) is 2. The molecule has 0 heterocycles. The molecular weight excluding hydrogens is 450 g/mol. The van der Waals surface area contributed by atoms with Gasteiger partial charge in [-0.3, -0.25) is 14.4 Å². The SMILES string of the molecule is CC(C)(C)OC(=O)CCCCCCCCCCCCCCC(=O)NCCOCCOCCC(=O)O. The van der Waals surface area contributed by atoms with Crippen LogP contribution in [0.1, 0.15) is 117 Å². The van der Waals surface area contributed by atoms with Gasteiger partial charge in [0.05, 0.1) is 32.8 Å². The highest BCUT2D eigenvalue weighted by molar-refractivity contribution is 5.75. The van der Waals surface area contributed by atoms with Crippen molar-refractivity contribution in [1.29, 1.82) is 0 Å². The number of ether oxygens (including phenoxy) is 3. The highest BCUT2D eigenvalue weighted by Gasteiger charge is 2.15. The predicted molar refractivity (Wildman–Crippen MR) is 137 cm³/mol. The lowest BCUT2D eigenvalue weighted by atomic mass is 10.0. The van der Waals surface area contributed by atoms with Gasteiger partial charge in [0.2, 0.25) is 5.91 Å². The Morgan fingerprint density at radius 2 is 1.09 bits per heavy atom. The lowest BCUT2D eigenvalue weighted by Crippen LogP contribution is -2.27. The molecule has 0 aromatic heterocycles. The van der Waals surface area contributed by atoms with Crippen LogP contribution in [-0.2, 0) is 28.6 Å². The van der Waals surface area contributed by atoms with Gasteiger partial charge in [0.25, 0.3) is 0 Å². The molecule has 206 valence electrons. The highest BCUT2D eigenvalue weighted by atomic mass is 16.6. The molecule has 0 aromatic carbocycles. The molecule has 0 aliphatic heterocycles. The second-order valence-electron chi connectivity index (χ2n) is 10.0. The highest BCUT2D eigenvalue weighted by Crippen LogP contribution is 2.14. The standard InChI is InChI=1S/C27H51NO7/c1-27(2,3)35-26(32)17-15-13-11-9-7-5-4-6-8-10-12-14-16-24(29)28-19-21-34-23-22-33-20-18-25(30)31/h4-23H2,1-3H3,(H,28,29)(H,30,31). The summed E-state index contributed by atoms with van der Waals surface area (Å²) in [4.78, 5) is 33.8. The average molecular weight is 502 g/mol. The van der Waals surface area contributed by atoms with Gasteiger partial charge < -0.3 is 24.6 Å². The van der Waals surface area contributed by atoms with Crippen molar-refractivity contribution in [2.24, 2.45) is 0 Å². The smallest absolute Gasteiger partial charge is 0.306 e. The number of rotatable bonds is 24. The van der Waals surface area contributed by atoms with Gasteiger partial charge in [-0.25, -0.2) is 0 Å². The predicted octanol–water partition coefficient (Wildman–Crippen LogP) is 5.41. The molecule has 2 N–H and O–H groups in total. The minimum Gasteiger partial charge on any atom is -0.481 e. The Morgan fingerprint density at radius 1 is 0.629 bits per heavy atom. The van der Waals surface area contributed by atoms with Gasteiger partial charge in [0.1, 0.15) is 5.60 Å². The molecule has 0 fully saturated rings. The van der Waals surface area contributed by atoms with Crippen LogP contribution in [-0.4, -0.2) is 61.5 Å². The van der Waals surface area contributed by atoms with Crippen molar-refractivity contribution in [3.8, 4) is 0 Å². The fraction of sp³-hybridized carbons (Fsp3) is 0.889. The number of nitrogens with one attached hydrogen (secondary N) is 1. The fourth-order valence-corrected chi connectivity index (χ4v) is 3.55. The van der Waals surface area contributed by atoms with Gasteiger partial charge in [-0.1, -0.05) is 64.2 Å². The number of unbranched alkanes of at least 4 members (excludes halogenated alkanes) is 11. The van der Waals surface area contributed by atoms with Crippen LogP contribution in [0.4, 0.5) is 0 Å². The van der Waals surface area contributed by atoms with Crippen molar-refractivity contribution in [3.63, 3.8) is 0 Å².